The number of rotatable bonds is 8. The van der Waals surface area contributed by atoms with Crippen molar-refractivity contribution in [3.8, 4) is 0 Å². The maximum atomic E-state index is 13.2. The fourth-order valence-corrected chi connectivity index (χ4v) is 9.30. The smallest absolute Gasteiger partial charge is 0.339 e. The summed E-state index contributed by atoms with van der Waals surface area (Å²) in [6.07, 6.45) is 6.69. The Labute approximate surface area is 333 Å². The van der Waals surface area contributed by atoms with E-state index >= 15 is 0 Å². The van der Waals surface area contributed by atoms with Crippen LogP contribution in [-0.4, -0.2) is 79.4 Å². The van der Waals surface area contributed by atoms with Crippen molar-refractivity contribution in [3.63, 3.8) is 0 Å². The largest absolute Gasteiger partial charge is 0.465 e. The van der Waals surface area contributed by atoms with E-state index in [1.54, 1.807) is 24.3 Å². The number of ether oxygens (including phenoxy) is 3. The highest BCUT2D eigenvalue weighted by Gasteiger charge is 2.28. The number of benzene rings is 2. The van der Waals surface area contributed by atoms with E-state index in [1.165, 1.54) is 25.6 Å². The Morgan fingerprint density at radius 2 is 1.20 bits per heavy atom. The molecule has 0 aliphatic carbocycles. The van der Waals surface area contributed by atoms with Gasteiger partial charge in [0, 0.05) is 73.4 Å². The van der Waals surface area contributed by atoms with Crippen LogP contribution in [0.4, 0.5) is 0 Å². The second kappa shape index (κ2) is 16.2. The van der Waals surface area contributed by atoms with Gasteiger partial charge in [-0.25, -0.2) is 35.6 Å². The van der Waals surface area contributed by atoms with Gasteiger partial charge in [-0.2, -0.15) is 0 Å². The monoisotopic (exact) mass is 829 g/mol. The predicted molar refractivity (Wildman–Crippen MR) is 215 cm³/mol. The van der Waals surface area contributed by atoms with Crippen molar-refractivity contribution in [2.75, 3.05) is 33.5 Å². The Morgan fingerprint density at radius 1 is 0.750 bits per heavy atom. The highest BCUT2D eigenvalue weighted by molar-refractivity contribution is 8.13. The Hall–Kier alpha value is -3.76. The highest BCUT2D eigenvalue weighted by Crippen LogP contribution is 2.33. The predicted octanol–water partition coefficient (Wildman–Crippen LogP) is 7.27. The Bertz CT molecular complexity index is 2430. The van der Waals surface area contributed by atoms with Crippen LogP contribution in [-0.2, 0) is 57.2 Å². The third-order valence-corrected chi connectivity index (χ3v) is 13.3. The molecule has 0 amide bonds. The van der Waals surface area contributed by atoms with E-state index in [1.807, 2.05) is 12.1 Å². The third kappa shape index (κ3) is 9.17. The van der Waals surface area contributed by atoms with E-state index in [4.69, 9.17) is 30.1 Å². The van der Waals surface area contributed by atoms with Gasteiger partial charge < -0.3 is 23.3 Å². The van der Waals surface area contributed by atoms with Crippen molar-refractivity contribution >= 4 is 57.8 Å². The molecule has 13 nitrogen and oxygen atoms in total. The van der Waals surface area contributed by atoms with Crippen molar-refractivity contribution in [2.45, 2.75) is 101 Å². The Kier molecular flexibility index (Phi) is 12.1. The molecule has 2 fully saturated rings. The maximum Gasteiger partial charge on any atom is 0.339 e. The number of esters is 1. The number of hydrogen-bond donors (Lipinski definition) is 0. The van der Waals surface area contributed by atoms with Crippen molar-refractivity contribution in [1.29, 1.82) is 0 Å². The van der Waals surface area contributed by atoms with Crippen LogP contribution < -0.4 is 0 Å². The second-order valence-electron chi connectivity index (χ2n) is 16.7. The number of hydrogen-bond acceptors (Lipinski definition) is 10. The first-order chi connectivity index (χ1) is 26.3. The van der Waals surface area contributed by atoms with Gasteiger partial charge in [0.05, 0.1) is 44.5 Å². The number of imidazole rings is 2. The van der Waals surface area contributed by atoms with Crippen LogP contribution in [0.3, 0.4) is 0 Å². The first kappa shape index (κ1) is 41.9. The molecule has 5 aromatic rings. The molecule has 2 aliphatic heterocycles. The lowest BCUT2D eigenvalue weighted by Crippen LogP contribution is -2.25. The molecular formula is C40H52ClN5O8S2. The molecule has 3 aromatic heterocycles. The molecule has 5 heterocycles. The van der Waals surface area contributed by atoms with Crippen molar-refractivity contribution in [1.82, 2.24) is 23.1 Å². The minimum absolute atomic E-state index is 0.0906. The molecule has 2 aliphatic rings. The maximum absolute atomic E-state index is 13.2. The van der Waals surface area contributed by atoms with Crippen LogP contribution in [0.1, 0.15) is 89.2 Å². The van der Waals surface area contributed by atoms with Gasteiger partial charge in [0.25, 0.3) is 19.1 Å². The van der Waals surface area contributed by atoms with Gasteiger partial charge >= 0.3 is 5.97 Å². The Balaban J connectivity index is 0.000000198. The molecule has 0 unspecified atom stereocenters. The summed E-state index contributed by atoms with van der Waals surface area (Å²) in [7, 11) is -0.898. The minimum Gasteiger partial charge on any atom is -0.465 e. The zero-order chi connectivity index (χ0) is 40.6. The number of fused-ring (bicyclic) bond motifs is 2. The number of carbonyl (C=O) groups excluding carboxylic acids is 1. The first-order valence-electron chi connectivity index (χ1n) is 18.9. The second-order valence-corrected chi connectivity index (χ2v) is 21.1. The van der Waals surface area contributed by atoms with E-state index in [0.717, 1.165) is 91.9 Å². The van der Waals surface area contributed by atoms with E-state index in [-0.39, 0.29) is 26.2 Å². The molecule has 0 N–H and O–H groups in total. The quantitative estimate of drug-likeness (QED) is 0.115. The van der Waals surface area contributed by atoms with Crippen LogP contribution in [0.2, 0.25) is 0 Å². The summed E-state index contributed by atoms with van der Waals surface area (Å²) in [5.74, 6) is 2.36. The summed E-state index contributed by atoms with van der Waals surface area (Å²) >= 11 is 0. The molecule has 2 saturated heterocycles. The number of aromatic nitrogens is 5. The Morgan fingerprint density at radius 3 is 1.62 bits per heavy atom. The standard InChI is InChI=1S/C23H29N3O5S.C17H23ClN2O3S/c1-23(2,3)22-24-19-13-18(32(28,29)25-10-7-17(15-25)21(27)30-4)5-6-20(19)26(22)14-16-8-11-31-12-9-16;1-17(2,3)16-19-14-10-13(24(18,21)22)4-5-15(14)20(16)11-12-6-8-23-9-7-12/h5-7,10,13,15-16H,8-9,11-12,14H2,1-4H3;4-5,10,12H,6-9,11H2,1-3H3. The SMILES string of the molecule is CC(C)(C)c1nc2cc(S(=O)(=O)Cl)ccc2n1CC1CCOCC1.COC(=O)c1ccn(S(=O)(=O)c2ccc3c(c2)nc(C(C)(C)C)n3CC2CCOCC2)c1. The zero-order valence-corrected chi connectivity index (χ0v) is 35.5. The van der Waals surface area contributed by atoms with Gasteiger partial charge in [-0.3, -0.25) is 0 Å². The molecule has 0 atom stereocenters. The molecule has 2 aromatic carbocycles. The average molecular weight is 830 g/mol. The molecule has 0 radical (unpaired) electrons. The van der Waals surface area contributed by atoms with Gasteiger partial charge in [0.15, 0.2) is 0 Å². The molecular weight excluding hydrogens is 778 g/mol. The molecule has 0 bridgehead atoms. The molecule has 56 heavy (non-hydrogen) atoms. The molecule has 304 valence electrons. The van der Waals surface area contributed by atoms with E-state index in [9.17, 15) is 21.6 Å². The highest BCUT2D eigenvalue weighted by atomic mass is 35.7. The van der Waals surface area contributed by atoms with Crippen molar-refractivity contribution in [2.24, 2.45) is 11.8 Å². The number of carbonyl (C=O) groups is 1. The number of halogens is 1. The van der Waals surface area contributed by atoms with Crippen molar-refractivity contribution < 1.29 is 35.8 Å². The van der Waals surface area contributed by atoms with Gasteiger partial charge in [-0.1, -0.05) is 41.5 Å². The van der Waals surface area contributed by atoms with E-state index in [0.29, 0.717) is 22.9 Å². The summed E-state index contributed by atoms with van der Waals surface area (Å²) in [5, 5.41) is 0. The molecule has 7 rings (SSSR count). The van der Waals surface area contributed by atoms with Gasteiger partial charge in [0.2, 0.25) is 0 Å². The van der Waals surface area contributed by atoms with Gasteiger partial charge in [0.1, 0.15) is 11.6 Å². The summed E-state index contributed by atoms with van der Waals surface area (Å²) in [4.78, 5) is 21.5. The van der Waals surface area contributed by atoms with Gasteiger partial charge in [-0.05, 0) is 80.0 Å². The summed E-state index contributed by atoms with van der Waals surface area (Å²) in [5.41, 5.74) is 3.03. The molecule has 0 saturated carbocycles. The summed E-state index contributed by atoms with van der Waals surface area (Å²) in [6, 6.07) is 11.4. The first-order valence-corrected chi connectivity index (χ1v) is 22.7. The van der Waals surface area contributed by atoms with Crippen LogP contribution in [0, 0.1) is 11.8 Å². The summed E-state index contributed by atoms with van der Waals surface area (Å²) < 4.78 is 70.6. The fourth-order valence-electron chi connectivity index (χ4n) is 7.31. The third-order valence-electron chi connectivity index (χ3n) is 10.3. The van der Waals surface area contributed by atoms with E-state index < -0.39 is 25.0 Å². The van der Waals surface area contributed by atoms with E-state index in [2.05, 4.69) is 55.4 Å². The zero-order valence-electron chi connectivity index (χ0n) is 33.1. The lowest BCUT2D eigenvalue weighted by Gasteiger charge is -2.26. The lowest BCUT2D eigenvalue weighted by molar-refractivity contribution is 0.0599. The molecule has 0 spiro atoms. The fraction of sp³-hybridized carbons (Fsp3) is 0.525. The topological polar surface area (TPSA) is 154 Å². The summed E-state index contributed by atoms with van der Waals surface area (Å²) in [6.45, 7) is 17.5. The number of nitrogens with zero attached hydrogens (tertiary/aromatic N) is 5. The average Bonchev–Trinajstić information content (AvgIpc) is 3.88. The lowest BCUT2D eigenvalue weighted by atomic mass is 9.94. The van der Waals surface area contributed by atoms with Crippen molar-refractivity contribution in [3.05, 3.63) is 72.1 Å². The number of methoxy groups -OCH3 is 1. The van der Waals surface area contributed by atoms with Crippen LogP contribution in [0.5, 0.6) is 0 Å². The normalized spacial score (nSPS) is 16.6. The van der Waals surface area contributed by atoms with Crippen LogP contribution >= 0.6 is 10.7 Å². The van der Waals surface area contributed by atoms with Gasteiger partial charge in [-0.15, -0.1) is 0 Å². The van der Waals surface area contributed by atoms with Crippen LogP contribution in [0.25, 0.3) is 22.1 Å². The van der Waals surface area contributed by atoms with Crippen LogP contribution in [0.15, 0.2) is 64.6 Å². The molecule has 16 heteroatoms. The minimum atomic E-state index is -3.87.